The smallest absolute Gasteiger partial charge is 0.0612 e. The Morgan fingerprint density at radius 3 is 1.15 bits per heavy atom. The van der Waals surface area contributed by atoms with E-state index in [1.54, 1.807) is 0 Å². The predicted octanol–water partition coefficient (Wildman–Crippen LogP) is 13.4. The second-order valence-electron chi connectivity index (χ2n) is 15.2. The Morgan fingerprint density at radius 2 is 0.722 bits per heavy atom. The largest absolute Gasteiger partial charge is 0.341 e. The second kappa shape index (κ2) is 11.1. The summed E-state index contributed by atoms with van der Waals surface area (Å²) < 4.78 is 9.88. The van der Waals surface area contributed by atoms with E-state index in [1.807, 2.05) is 0 Å². The maximum Gasteiger partial charge on any atom is 0.0612 e. The van der Waals surface area contributed by atoms with Crippen molar-refractivity contribution < 1.29 is 0 Å². The highest BCUT2D eigenvalue weighted by molar-refractivity contribution is 6.22. The Labute approximate surface area is 314 Å². The number of fused-ring (bicyclic) bond motifs is 13. The molecule has 0 radical (unpaired) electrons. The molecule has 0 atom stereocenters. The number of benzene rings is 7. The van der Waals surface area contributed by atoms with E-state index in [-0.39, 0.29) is 0 Å². The van der Waals surface area contributed by atoms with Crippen molar-refractivity contribution in [1.29, 1.82) is 0 Å². The van der Waals surface area contributed by atoms with Crippen LogP contribution in [0.5, 0.6) is 0 Å². The SMILES string of the molecule is CCn1c2ccccc2c2cc(-n3c(C)c(C)c4ccc5c6ccc7c(C)c(C)n(-c8ccc9c(c8)c8ccccc8n9CC)c7c6ccc5c43)ccc21. The zero-order chi connectivity index (χ0) is 36.6. The van der Waals surface area contributed by atoms with E-state index < -0.39 is 0 Å². The van der Waals surface area contributed by atoms with Gasteiger partial charge in [0.25, 0.3) is 0 Å². The minimum Gasteiger partial charge on any atom is -0.341 e. The number of rotatable bonds is 4. The average Bonchev–Trinajstić information content (AvgIpc) is 3.88. The number of nitrogens with zero attached hydrogens (tertiary/aromatic N) is 4. The van der Waals surface area contributed by atoms with Gasteiger partial charge in [0.2, 0.25) is 0 Å². The van der Waals surface area contributed by atoms with Gasteiger partial charge < -0.3 is 18.3 Å². The first-order valence-corrected chi connectivity index (χ1v) is 19.4. The summed E-state index contributed by atoms with van der Waals surface area (Å²) >= 11 is 0. The predicted molar refractivity (Wildman–Crippen MR) is 231 cm³/mol. The molecule has 0 bridgehead atoms. The van der Waals surface area contributed by atoms with Gasteiger partial charge in [-0.2, -0.15) is 0 Å². The van der Waals surface area contributed by atoms with Crippen LogP contribution in [0.2, 0.25) is 0 Å². The molecule has 0 spiro atoms. The van der Waals surface area contributed by atoms with E-state index in [2.05, 4.69) is 181 Å². The molecule has 262 valence electrons. The topological polar surface area (TPSA) is 19.7 Å². The summed E-state index contributed by atoms with van der Waals surface area (Å²) in [7, 11) is 0. The Morgan fingerprint density at radius 1 is 0.352 bits per heavy atom. The van der Waals surface area contributed by atoms with Crippen LogP contribution in [0.15, 0.2) is 121 Å². The van der Waals surface area contributed by atoms with Crippen LogP contribution in [-0.2, 0) is 13.1 Å². The van der Waals surface area contributed by atoms with Gasteiger partial charge in [-0.1, -0.05) is 72.8 Å². The third kappa shape index (κ3) is 3.92. The minimum absolute atomic E-state index is 0.944. The molecule has 11 rings (SSSR count). The molecule has 7 aromatic carbocycles. The van der Waals surface area contributed by atoms with E-state index in [0.717, 1.165) is 13.1 Å². The average molecular weight is 699 g/mol. The van der Waals surface area contributed by atoms with Crippen LogP contribution < -0.4 is 0 Å². The van der Waals surface area contributed by atoms with Crippen molar-refractivity contribution in [3.63, 3.8) is 0 Å². The van der Waals surface area contributed by atoms with Crippen LogP contribution in [-0.4, -0.2) is 18.3 Å². The monoisotopic (exact) mass is 698 g/mol. The third-order valence-electron chi connectivity index (χ3n) is 12.8. The fraction of sp³-hybridized carbons (Fsp3) is 0.160. The molecule has 4 heterocycles. The highest BCUT2D eigenvalue weighted by Gasteiger charge is 2.21. The standard InChI is InChI=1S/C50H42N4/c1-7-51-45-15-11-9-13-39(45)43-27-33(17-25-47(43)51)53-31(5)29(3)35-19-21-37-38-22-20-36-30(4)32(6)54(50(36)42(38)24-23-41(37)49(35)53)34-18-26-48-44(28-34)40-14-10-12-16-46(40)52(48)8-2/h9-28H,7-8H2,1-6H3. The Kier molecular flexibility index (Phi) is 6.45. The van der Waals surface area contributed by atoms with Gasteiger partial charge in [-0.05, 0) is 112 Å². The molecule has 54 heavy (non-hydrogen) atoms. The fourth-order valence-corrected chi connectivity index (χ4v) is 10.0. The lowest BCUT2D eigenvalue weighted by Gasteiger charge is -2.14. The normalized spacial score (nSPS) is 12.4. The molecule has 0 aliphatic heterocycles. The van der Waals surface area contributed by atoms with Gasteiger partial charge in [-0.15, -0.1) is 0 Å². The zero-order valence-corrected chi connectivity index (χ0v) is 31.8. The molecule has 11 aromatic rings. The second-order valence-corrected chi connectivity index (χ2v) is 15.2. The fourth-order valence-electron chi connectivity index (χ4n) is 10.0. The quantitative estimate of drug-likeness (QED) is 0.163. The summed E-state index contributed by atoms with van der Waals surface area (Å²) in [5, 5.41) is 13.0. The van der Waals surface area contributed by atoms with Crippen molar-refractivity contribution in [3.05, 3.63) is 144 Å². The lowest BCUT2D eigenvalue weighted by molar-refractivity contribution is 0.827. The van der Waals surface area contributed by atoms with E-state index >= 15 is 0 Å². The summed E-state index contributed by atoms with van der Waals surface area (Å²) in [6, 6.07) is 45.9. The van der Waals surface area contributed by atoms with E-state index in [0.29, 0.717) is 0 Å². The van der Waals surface area contributed by atoms with Gasteiger partial charge in [0, 0.05) is 101 Å². The van der Waals surface area contributed by atoms with Gasteiger partial charge in [-0.3, -0.25) is 0 Å². The summed E-state index contributed by atoms with van der Waals surface area (Å²) in [6.07, 6.45) is 0. The first-order chi connectivity index (χ1) is 26.4. The molecule has 4 heteroatoms. The van der Waals surface area contributed by atoms with Crippen molar-refractivity contribution in [2.45, 2.75) is 54.6 Å². The van der Waals surface area contributed by atoms with E-state index in [1.165, 1.54) is 121 Å². The maximum absolute atomic E-state index is 2.51. The third-order valence-corrected chi connectivity index (χ3v) is 12.8. The summed E-state index contributed by atoms with van der Waals surface area (Å²) in [4.78, 5) is 0. The molecule has 0 saturated heterocycles. The molecule has 4 nitrogen and oxygen atoms in total. The van der Waals surface area contributed by atoms with Gasteiger partial charge in [0.1, 0.15) is 0 Å². The molecular formula is C50H42N4. The first-order valence-electron chi connectivity index (χ1n) is 19.4. The van der Waals surface area contributed by atoms with Crippen LogP contribution in [0.3, 0.4) is 0 Å². The van der Waals surface area contributed by atoms with Crippen LogP contribution in [0.4, 0.5) is 0 Å². The van der Waals surface area contributed by atoms with Gasteiger partial charge in [0.15, 0.2) is 0 Å². The number of aryl methyl sites for hydroxylation is 4. The lowest BCUT2D eigenvalue weighted by Crippen LogP contribution is -1.99. The Hall–Kier alpha value is -6.26. The zero-order valence-electron chi connectivity index (χ0n) is 31.8. The van der Waals surface area contributed by atoms with Gasteiger partial charge in [0.05, 0.1) is 11.0 Å². The molecule has 0 amide bonds. The van der Waals surface area contributed by atoms with E-state index in [4.69, 9.17) is 0 Å². The number of para-hydroxylation sites is 2. The van der Waals surface area contributed by atoms with E-state index in [9.17, 15) is 0 Å². The molecule has 0 aliphatic carbocycles. The van der Waals surface area contributed by atoms with Crippen molar-refractivity contribution in [2.24, 2.45) is 0 Å². The molecule has 0 aliphatic rings. The van der Waals surface area contributed by atoms with Crippen molar-refractivity contribution in [2.75, 3.05) is 0 Å². The minimum atomic E-state index is 0.944. The number of aromatic nitrogens is 4. The summed E-state index contributed by atoms with van der Waals surface area (Å²) in [6.45, 7) is 15.5. The van der Waals surface area contributed by atoms with Gasteiger partial charge >= 0.3 is 0 Å². The van der Waals surface area contributed by atoms with Crippen LogP contribution in [0, 0.1) is 27.7 Å². The molecule has 0 unspecified atom stereocenters. The van der Waals surface area contributed by atoms with Crippen LogP contribution >= 0.6 is 0 Å². The van der Waals surface area contributed by atoms with Crippen molar-refractivity contribution >= 4 is 87.0 Å². The van der Waals surface area contributed by atoms with Crippen LogP contribution in [0.1, 0.15) is 36.4 Å². The van der Waals surface area contributed by atoms with Gasteiger partial charge in [-0.25, -0.2) is 0 Å². The highest BCUT2D eigenvalue weighted by atomic mass is 15.0. The highest BCUT2D eigenvalue weighted by Crippen LogP contribution is 2.42. The molecule has 4 aromatic heterocycles. The molecule has 0 saturated carbocycles. The molecule has 0 fully saturated rings. The molecule has 0 N–H and O–H groups in total. The Balaban J connectivity index is 1.18. The summed E-state index contributed by atoms with van der Waals surface area (Å²) in [5.74, 6) is 0. The summed E-state index contributed by atoms with van der Waals surface area (Å²) in [5.41, 5.74) is 15.4. The maximum atomic E-state index is 2.51. The Bertz CT molecular complexity index is 3170. The molecular weight excluding hydrogens is 657 g/mol. The van der Waals surface area contributed by atoms with Crippen LogP contribution in [0.25, 0.3) is 98.3 Å². The lowest BCUT2D eigenvalue weighted by atomic mass is 9.97. The first kappa shape index (κ1) is 31.3. The van der Waals surface area contributed by atoms with Crippen molar-refractivity contribution in [1.82, 2.24) is 18.3 Å². The number of hydrogen-bond donors (Lipinski definition) is 0. The van der Waals surface area contributed by atoms with Crippen molar-refractivity contribution in [3.8, 4) is 11.4 Å². The number of hydrogen-bond acceptors (Lipinski definition) is 0.